The van der Waals surface area contributed by atoms with E-state index in [1.165, 1.54) is 12.1 Å². The van der Waals surface area contributed by atoms with Crippen molar-refractivity contribution < 1.29 is 19.1 Å². The maximum Gasteiger partial charge on any atom is 0.269 e. The van der Waals surface area contributed by atoms with E-state index in [4.69, 9.17) is 37.4 Å². The fourth-order valence-electron chi connectivity index (χ4n) is 3.47. The van der Waals surface area contributed by atoms with Crippen molar-refractivity contribution in [3.63, 3.8) is 0 Å². The molecule has 0 radical (unpaired) electrons. The second-order valence-electron chi connectivity index (χ2n) is 6.63. The Morgan fingerprint density at radius 1 is 1.21 bits per heavy atom. The lowest BCUT2D eigenvalue weighted by Gasteiger charge is -2.32. The zero-order chi connectivity index (χ0) is 20.4. The van der Waals surface area contributed by atoms with Crippen molar-refractivity contribution in [2.75, 3.05) is 32.9 Å². The van der Waals surface area contributed by atoms with Gasteiger partial charge in [0.1, 0.15) is 18.1 Å². The predicted molar refractivity (Wildman–Crippen MR) is 109 cm³/mol. The van der Waals surface area contributed by atoms with Crippen LogP contribution in [0.15, 0.2) is 48.2 Å². The van der Waals surface area contributed by atoms with Crippen molar-refractivity contribution in [3.8, 4) is 11.5 Å². The van der Waals surface area contributed by atoms with Crippen LogP contribution in [0.25, 0.3) is 0 Å². The third-order valence-corrected chi connectivity index (χ3v) is 5.31. The van der Waals surface area contributed by atoms with Crippen molar-refractivity contribution in [2.24, 2.45) is 0 Å². The van der Waals surface area contributed by atoms with Gasteiger partial charge in [-0.05, 0) is 30.3 Å². The van der Waals surface area contributed by atoms with Crippen LogP contribution in [-0.2, 0) is 4.74 Å². The van der Waals surface area contributed by atoms with E-state index in [1.807, 2.05) is 12.1 Å². The maximum atomic E-state index is 10.8. The molecule has 0 N–H and O–H groups in total. The molecule has 0 spiro atoms. The number of hydrogen-bond donors (Lipinski definition) is 0. The van der Waals surface area contributed by atoms with E-state index in [-0.39, 0.29) is 18.3 Å². The highest BCUT2D eigenvalue weighted by molar-refractivity contribution is 6.35. The molecule has 2 heterocycles. The average Bonchev–Trinajstić information content (AvgIpc) is 3.07. The van der Waals surface area contributed by atoms with E-state index in [0.717, 1.165) is 18.7 Å². The van der Waals surface area contributed by atoms with Crippen molar-refractivity contribution in [1.29, 1.82) is 0 Å². The first-order valence-corrected chi connectivity index (χ1v) is 9.84. The van der Waals surface area contributed by atoms with Gasteiger partial charge in [0.05, 0.1) is 29.2 Å². The number of fused-ring (bicyclic) bond motifs is 1. The monoisotopic (exact) mass is 436 g/mol. The van der Waals surface area contributed by atoms with Gasteiger partial charge in [0, 0.05) is 35.8 Å². The molecule has 2 aromatic rings. The van der Waals surface area contributed by atoms with Crippen LogP contribution in [0.4, 0.5) is 5.69 Å². The Kier molecular flexibility index (Phi) is 5.91. The number of benzene rings is 2. The average molecular weight is 437 g/mol. The van der Waals surface area contributed by atoms with Crippen LogP contribution in [0, 0.1) is 10.1 Å². The summed E-state index contributed by atoms with van der Waals surface area (Å²) in [6, 6.07) is 9.36. The molecule has 29 heavy (non-hydrogen) atoms. The molecule has 0 amide bonds. The summed E-state index contributed by atoms with van der Waals surface area (Å²) < 4.78 is 17.2. The molecule has 152 valence electrons. The predicted octanol–water partition coefficient (Wildman–Crippen LogP) is 4.63. The van der Waals surface area contributed by atoms with Gasteiger partial charge < -0.3 is 14.2 Å². The topological polar surface area (TPSA) is 74.1 Å². The van der Waals surface area contributed by atoms with Gasteiger partial charge in [-0.1, -0.05) is 23.2 Å². The van der Waals surface area contributed by atoms with Gasteiger partial charge in [0.2, 0.25) is 0 Å². The van der Waals surface area contributed by atoms with Gasteiger partial charge in [0.25, 0.3) is 5.69 Å². The van der Waals surface area contributed by atoms with Crippen molar-refractivity contribution in [1.82, 2.24) is 4.90 Å². The first-order valence-electron chi connectivity index (χ1n) is 9.09. The minimum absolute atomic E-state index is 0.0178. The molecule has 1 saturated heterocycles. The first-order chi connectivity index (χ1) is 14.0. The Hall–Kier alpha value is -2.32. The number of ether oxygens (including phenoxy) is 3. The van der Waals surface area contributed by atoms with Gasteiger partial charge in [-0.25, -0.2) is 0 Å². The Labute approximate surface area is 177 Å². The van der Waals surface area contributed by atoms with E-state index >= 15 is 0 Å². The number of nitro groups is 1. The number of nitro benzene ring substituents is 1. The molecule has 1 unspecified atom stereocenters. The minimum Gasteiger partial charge on any atom is -0.489 e. The van der Waals surface area contributed by atoms with Crippen LogP contribution < -0.4 is 9.47 Å². The molecule has 1 fully saturated rings. The summed E-state index contributed by atoms with van der Waals surface area (Å²) in [6.45, 7) is 3.06. The molecule has 0 bridgehead atoms. The molecule has 1 atom stereocenters. The lowest BCUT2D eigenvalue weighted by Crippen LogP contribution is -2.39. The van der Waals surface area contributed by atoms with Gasteiger partial charge in [-0.15, -0.1) is 0 Å². The standard InChI is InChI=1S/C20H18Cl2N2O5/c21-13-11-16-19(23-6-9-27-10-7-23)18(29-20(16)17(22)12-13)5-8-28-15-3-1-14(2-4-15)24(25)26/h1-5,11-12,19H,6-10H2. The van der Waals surface area contributed by atoms with Crippen LogP contribution >= 0.6 is 23.2 Å². The second-order valence-corrected chi connectivity index (χ2v) is 7.47. The largest absolute Gasteiger partial charge is 0.489 e. The summed E-state index contributed by atoms with van der Waals surface area (Å²) in [6.07, 6.45) is 1.85. The Balaban J connectivity index is 1.54. The number of rotatable bonds is 5. The molecule has 9 heteroatoms. The fourth-order valence-corrected chi connectivity index (χ4v) is 4.02. The Morgan fingerprint density at radius 3 is 2.62 bits per heavy atom. The number of nitrogens with zero attached hydrogens (tertiary/aromatic N) is 2. The number of hydrogen-bond acceptors (Lipinski definition) is 6. The molecule has 0 aromatic heterocycles. The van der Waals surface area contributed by atoms with Crippen molar-refractivity contribution in [2.45, 2.75) is 6.04 Å². The van der Waals surface area contributed by atoms with E-state index in [2.05, 4.69) is 4.90 Å². The molecule has 4 rings (SSSR count). The zero-order valence-electron chi connectivity index (χ0n) is 15.3. The van der Waals surface area contributed by atoms with Crippen molar-refractivity contribution in [3.05, 3.63) is 74.0 Å². The van der Waals surface area contributed by atoms with Gasteiger partial charge in [0.15, 0.2) is 5.75 Å². The Morgan fingerprint density at radius 2 is 1.93 bits per heavy atom. The highest BCUT2D eigenvalue weighted by Crippen LogP contribution is 2.47. The molecule has 0 saturated carbocycles. The van der Waals surface area contributed by atoms with Crippen LogP contribution in [0.2, 0.25) is 10.0 Å². The molecule has 2 aliphatic heterocycles. The number of non-ortho nitro benzene ring substituents is 1. The molecule has 7 nitrogen and oxygen atoms in total. The second kappa shape index (κ2) is 8.59. The molecular weight excluding hydrogens is 419 g/mol. The maximum absolute atomic E-state index is 10.8. The van der Waals surface area contributed by atoms with Crippen molar-refractivity contribution >= 4 is 28.9 Å². The van der Waals surface area contributed by atoms with E-state index in [9.17, 15) is 10.1 Å². The SMILES string of the molecule is O=[N+]([O-])c1ccc(OCC=C2Oc3c(Cl)cc(Cl)cc3C2N2CCOCC2)cc1. The quantitative estimate of drug-likeness (QED) is 0.502. The highest BCUT2D eigenvalue weighted by Gasteiger charge is 2.36. The third kappa shape index (κ3) is 4.33. The molecule has 0 aliphatic carbocycles. The summed E-state index contributed by atoms with van der Waals surface area (Å²) in [4.78, 5) is 12.6. The molecular formula is C20H18Cl2N2O5. The van der Waals surface area contributed by atoms with Crippen LogP contribution in [-0.4, -0.2) is 42.7 Å². The number of morpholine rings is 1. The van der Waals surface area contributed by atoms with Crippen LogP contribution in [0.1, 0.15) is 11.6 Å². The van der Waals surface area contributed by atoms with Crippen LogP contribution in [0.5, 0.6) is 11.5 Å². The van der Waals surface area contributed by atoms with Gasteiger partial charge in [-0.2, -0.15) is 0 Å². The fraction of sp³-hybridized carbons (Fsp3) is 0.300. The normalized spacial score (nSPS) is 20.3. The summed E-state index contributed by atoms with van der Waals surface area (Å²) in [5.41, 5.74) is 0.940. The lowest BCUT2D eigenvalue weighted by atomic mass is 10.0. The summed E-state index contributed by atoms with van der Waals surface area (Å²) in [5.74, 6) is 1.86. The van der Waals surface area contributed by atoms with E-state index < -0.39 is 4.92 Å². The lowest BCUT2D eigenvalue weighted by molar-refractivity contribution is -0.384. The highest BCUT2D eigenvalue weighted by atomic mass is 35.5. The summed E-state index contributed by atoms with van der Waals surface area (Å²) >= 11 is 12.6. The minimum atomic E-state index is -0.447. The van der Waals surface area contributed by atoms with E-state index in [0.29, 0.717) is 40.5 Å². The van der Waals surface area contributed by atoms with Gasteiger partial charge >= 0.3 is 0 Å². The van der Waals surface area contributed by atoms with E-state index in [1.54, 1.807) is 18.2 Å². The number of halogens is 2. The zero-order valence-corrected chi connectivity index (χ0v) is 16.9. The first kappa shape index (κ1) is 20.0. The Bertz CT molecular complexity index is 943. The molecule has 2 aliphatic rings. The summed E-state index contributed by atoms with van der Waals surface area (Å²) in [7, 11) is 0. The van der Waals surface area contributed by atoms with Gasteiger partial charge in [-0.3, -0.25) is 15.0 Å². The third-order valence-electron chi connectivity index (χ3n) is 4.81. The summed E-state index contributed by atoms with van der Waals surface area (Å²) in [5, 5.41) is 11.8. The van der Waals surface area contributed by atoms with Crippen LogP contribution in [0.3, 0.4) is 0 Å². The smallest absolute Gasteiger partial charge is 0.269 e. The molecule has 2 aromatic carbocycles.